The molecule has 0 aliphatic heterocycles. The number of nitrogens with one attached hydrogen (secondary N) is 2. The summed E-state index contributed by atoms with van der Waals surface area (Å²) < 4.78 is 0.925. The van der Waals surface area contributed by atoms with Crippen LogP contribution in [-0.4, -0.2) is 20.8 Å². The number of thioether (sulfide) groups is 1. The molecule has 0 atom stereocenters. The van der Waals surface area contributed by atoms with E-state index in [1.54, 1.807) is 0 Å². The third kappa shape index (κ3) is 4.59. The van der Waals surface area contributed by atoms with Crippen LogP contribution in [0, 0.1) is 23.7 Å². The molecule has 4 N–H and O–H groups in total. The zero-order chi connectivity index (χ0) is 17.5. The summed E-state index contributed by atoms with van der Waals surface area (Å²) in [5, 5.41) is 10.0. The standard InChI is InChI=1S/C15H11BrN6S2/c1-2-7-24-15-19-12(9-3-5-10(16)6-4-9)11(8-17)13(20-15)21-22-14(18)23/h1,3-6H,7H2,(H3,18,22,23)(H,19,20,21). The van der Waals surface area contributed by atoms with Gasteiger partial charge < -0.3 is 5.73 Å². The Balaban J connectivity index is 2.55. The van der Waals surface area contributed by atoms with E-state index in [9.17, 15) is 5.26 Å². The summed E-state index contributed by atoms with van der Waals surface area (Å²) in [4.78, 5) is 8.75. The fourth-order valence-corrected chi connectivity index (χ4v) is 2.58. The van der Waals surface area contributed by atoms with Crippen LogP contribution >= 0.6 is 39.9 Å². The molecule has 6 nitrogen and oxygen atoms in total. The number of hydrogen-bond acceptors (Lipinski definition) is 6. The summed E-state index contributed by atoms with van der Waals surface area (Å²) in [7, 11) is 0. The van der Waals surface area contributed by atoms with E-state index in [0.29, 0.717) is 16.6 Å². The second-order valence-corrected chi connectivity index (χ2v) is 6.60. The van der Waals surface area contributed by atoms with Crippen molar-refractivity contribution in [3.63, 3.8) is 0 Å². The van der Waals surface area contributed by atoms with Gasteiger partial charge in [0.2, 0.25) is 0 Å². The first-order valence-electron chi connectivity index (χ1n) is 6.51. The van der Waals surface area contributed by atoms with E-state index in [1.807, 2.05) is 24.3 Å². The first kappa shape index (κ1) is 18.0. The number of benzene rings is 1. The van der Waals surface area contributed by atoms with Crippen LogP contribution in [0.4, 0.5) is 5.82 Å². The zero-order valence-electron chi connectivity index (χ0n) is 12.2. The lowest BCUT2D eigenvalue weighted by Crippen LogP contribution is -2.34. The highest BCUT2D eigenvalue weighted by molar-refractivity contribution is 9.10. The minimum Gasteiger partial charge on any atom is -0.375 e. The number of thiocarbonyl (C=S) groups is 1. The Kier molecular flexibility index (Phi) is 6.38. The van der Waals surface area contributed by atoms with Gasteiger partial charge in [0.05, 0.1) is 11.4 Å². The van der Waals surface area contributed by atoms with Gasteiger partial charge in [-0.25, -0.2) is 9.97 Å². The Bertz CT molecular complexity index is 839. The summed E-state index contributed by atoms with van der Waals surface area (Å²) in [6, 6.07) is 9.56. The molecule has 1 heterocycles. The Labute approximate surface area is 157 Å². The van der Waals surface area contributed by atoms with E-state index in [1.165, 1.54) is 11.8 Å². The first-order chi connectivity index (χ1) is 11.5. The molecule has 9 heteroatoms. The normalized spacial score (nSPS) is 9.62. The monoisotopic (exact) mass is 418 g/mol. The Morgan fingerprint density at radius 2 is 2.08 bits per heavy atom. The number of anilines is 1. The van der Waals surface area contributed by atoms with Crippen LogP contribution in [-0.2, 0) is 0 Å². The molecule has 120 valence electrons. The van der Waals surface area contributed by atoms with Crippen molar-refractivity contribution in [1.82, 2.24) is 15.4 Å². The molecule has 0 bridgehead atoms. The third-order valence-electron chi connectivity index (χ3n) is 2.71. The third-order valence-corrected chi connectivity index (χ3v) is 4.09. The Hall–Kier alpha value is -2.33. The lowest BCUT2D eigenvalue weighted by molar-refractivity contribution is 0.947. The number of nitrogens with two attached hydrogens (primary N) is 1. The SMILES string of the molecule is C#CCSc1nc(NNC(N)=S)c(C#N)c(-c2ccc(Br)cc2)n1. The lowest BCUT2D eigenvalue weighted by atomic mass is 10.1. The second kappa shape index (κ2) is 8.50. The summed E-state index contributed by atoms with van der Waals surface area (Å²) in [6.45, 7) is 0. The van der Waals surface area contributed by atoms with Gasteiger partial charge in [0.15, 0.2) is 16.1 Å². The zero-order valence-corrected chi connectivity index (χ0v) is 15.4. The van der Waals surface area contributed by atoms with Gasteiger partial charge in [0.1, 0.15) is 11.6 Å². The summed E-state index contributed by atoms with van der Waals surface area (Å²) in [5.74, 6) is 3.20. The van der Waals surface area contributed by atoms with Crippen LogP contribution in [0.2, 0.25) is 0 Å². The van der Waals surface area contributed by atoms with Crippen molar-refractivity contribution in [3.05, 3.63) is 34.3 Å². The molecule has 0 saturated carbocycles. The molecule has 1 aromatic carbocycles. The molecular formula is C15H11BrN6S2. The summed E-state index contributed by atoms with van der Waals surface area (Å²) >= 11 is 9.43. The van der Waals surface area contributed by atoms with Crippen molar-refractivity contribution in [3.8, 4) is 29.7 Å². The van der Waals surface area contributed by atoms with E-state index in [4.69, 9.17) is 24.4 Å². The van der Waals surface area contributed by atoms with E-state index in [-0.39, 0.29) is 16.5 Å². The second-order valence-electron chi connectivity index (χ2n) is 4.30. The van der Waals surface area contributed by atoms with E-state index in [0.717, 1.165) is 10.0 Å². The highest BCUT2D eigenvalue weighted by Gasteiger charge is 2.16. The van der Waals surface area contributed by atoms with Gasteiger partial charge in [0, 0.05) is 10.0 Å². The quantitative estimate of drug-likeness (QED) is 0.224. The van der Waals surface area contributed by atoms with E-state index < -0.39 is 0 Å². The van der Waals surface area contributed by atoms with Crippen molar-refractivity contribution < 1.29 is 0 Å². The summed E-state index contributed by atoms with van der Waals surface area (Å²) in [6.07, 6.45) is 5.29. The Morgan fingerprint density at radius 1 is 1.38 bits per heavy atom. The highest BCUT2D eigenvalue weighted by Crippen LogP contribution is 2.29. The molecule has 0 radical (unpaired) electrons. The van der Waals surface area contributed by atoms with E-state index in [2.05, 4.69) is 48.7 Å². The molecule has 2 aromatic rings. The minimum atomic E-state index is 0.0283. The van der Waals surface area contributed by atoms with Gasteiger partial charge in [-0.3, -0.25) is 10.9 Å². The number of hydrazine groups is 1. The predicted molar refractivity (Wildman–Crippen MR) is 103 cm³/mol. The van der Waals surface area contributed by atoms with Crippen molar-refractivity contribution >= 4 is 50.8 Å². The Morgan fingerprint density at radius 3 is 2.67 bits per heavy atom. The largest absolute Gasteiger partial charge is 0.375 e. The molecular weight excluding hydrogens is 408 g/mol. The number of nitriles is 1. The molecule has 24 heavy (non-hydrogen) atoms. The van der Waals surface area contributed by atoms with Crippen LogP contribution in [0.1, 0.15) is 5.56 Å². The molecule has 0 fully saturated rings. The van der Waals surface area contributed by atoms with Crippen molar-refractivity contribution in [1.29, 1.82) is 5.26 Å². The number of hydrogen-bond donors (Lipinski definition) is 3. The topological polar surface area (TPSA) is 99.6 Å². The van der Waals surface area contributed by atoms with Gasteiger partial charge in [0.25, 0.3) is 0 Å². The molecule has 0 saturated heterocycles. The molecule has 0 aliphatic carbocycles. The number of halogens is 1. The van der Waals surface area contributed by atoms with Crippen molar-refractivity contribution in [2.75, 3.05) is 11.2 Å². The van der Waals surface area contributed by atoms with Crippen LogP contribution in [0.5, 0.6) is 0 Å². The predicted octanol–water partition coefficient (Wildman–Crippen LogP) is 2.66. The molecule has 2 rings (SSSR count). The van der Waals surface area contributed by atoms with Crippen LogP contribution in [0.15, 0.2) is 33.9 Å². The molecule has 0 unspecified atom stereocenters. The van der Waals surface area contributed by atoms with Crippen LogP contribution < -0.4 is 16.6 Å². The lowest BCUT2D eigenvalue weighted by Gasteiger charge is -2.13. The number of nitrogens with zero attached hydrogens (tertiary/aromatic N) is 3. The van der Waals surface area contributed by atoms with Gasteiger partial charge >= 0.3 is 0 Å². The van der Waals surface area contributed by atoms with Crippen molar-refractivity contribution in [2.45, 2.75) is 5.16 Å². The van der Waals surface area contributed by atoms with E-state index >= 15 is 0 Å². The van der Waals surface area contributed by atoms with Crippen molar-refractivity contribution in [2.24, 2.45) is 5.73 Å². The van der Waals surface area contributed by atoms with Gasteiger partial charge in [-0.2, -0.15) is 5.26 Å². The smallest absolute Gasteiger partial charge is 0.191 e. The maximum atomic E-state index is 9.54. The van der Waals surface area contributed by atoms with Crippen LogP contribution in [0.25, 0.3) is 11.3 Å². The fraction of sp³-hybridized carbons (Fsp3) is 0.0667. The molecule has 0 amide bonds. The highest BCUT2D eigenvalue weighted by atomic mass is 79.9. The summed E-state index contributed by atoms with van der Waals surface area (Å²) in [5.41, 5.74) is 12.3. The maximum absolute atomic E-state index is 9.54. The van der Waals surface area contributed by atoms with Gasteiger partial charge in [-0.1, -0.05) is 45.7 Å². The average Bonchev–Trinajstić information content (AvgIpc) is 2.58. The number of rotatable bonds is 5. The number of terminal acetylenes is 1. The number of aromatic nitrogens is 2. The molecule has 0 spiro atoms. The van der Waals surface area contributed by atoms with Gasteiger partial charge in [-0.05, 0) is 24.4 Å². The van der Waals surface area contributed by atoms with Gasteiger partial charge in [-0.15, -0.1) is 6.42 Å². The first-order valence-corrected chi connectivity index (χ1v) is 8.69. The maximum Gasteiger partial charge on any atom is 0.191 e. The molecule has 1 aromatic heterocycles. The molecule has 0 aliphatic rings. The average molecular weight is 419 g/mol. The van der Waals surface area contributed by atoms with Crippen LogP contribution in [0.3, 0.4) is 0 Å². The minimum absolute atomic E-state index is 0.0283. The fourth-order valence-electron chi connectivity index (χ4n) is 1.74.